The Morgan fingerprint density at radius 2 is 1.82 bits per heavy atom. The molecule has 0 amide bonds. The second-order valence-electron chi connectivity index (χ2n) is 10.1. The molecule has 1 aromatic heterocycles. The van der Waals surface area contributed by atoms with Gasteiger partial charge in [-0.1, -0.05) is 11.2 Å². The first-order chi connectivity index (χ1) is 17.5. The van der Waals surface area contributed by atoms with Crippen molar-refractivity contribution in [3.05, 3.63) is 58.5 Å². The molecule has 0 bridgehead atoms. The number of hydrogen-bond donors (Lipinski definition) is 1. The van der Waals surface area contributed by atoms with Gasteiger partial charge in [0.25, 0.3) is 0 Å². The van der Waals surface area contributed by atoms with Crippen LogP contribution in [0.25, 0.3) is 11.0 Å². The Labute approximate surface area is 237 Å². The number of aryl methyl sites for hydroxylation is 2. The van der Waals surface area contributed by atoms with Gasteiger partial charge in [-0.25, -0.2) is 4.39 Å². The van der Waals surface area contributed by atoms with Gasteiger partial charge in [-0.2, -0.15) is 5.26 Å². The van der Waals surface area contributed by atoms with Crippen LogP contribution >= 0.6 is 24.8 Å². The Hall–Kier alpha value is -2.37. The molecule has 38 heavy (non-hydrogen) atoms. The van der Waals surface area contributed by atoms with Crippen LogP contribution in [0.3, 0.4) is 0 Å². The summed E-state index contributed by atoms with van der Waals surface area (Å²) in [5.41, 5.74) is 4.06. The summed E-state index contributed by atoms with van der Waals surface area (Å²) in [6.07, 6.45) is 6.86. The van der Waals surface area contributed by atoms with Crippen molar-refractivity contribution in [3.63, 3.8) is 0 Å². The van der Waals surface area contributed by atoms with Crippen molar-refractivity contribution in [2.24, 2.45) is 11.8 Å². The normalized spacial score (nSPS) is 15.6. The van der Waals surface area contributed by atoms with Crippen molar-refractivity contribution in [1.82, 2.24) is 15.4 Å². The summed E-state index contributed by atoms with van der Waals surface area (Å²) in [6.45, 7) is 5.65. The molecule has 2 aliphatic rings. The number of nitrogens with zero attached hydrogens (tertiary/aromatic N) is 3. The summed E-state index contributed by atoms with van der Waals surface area (Å²) in [4.78, 5) is 2.39. The second kappa shape index (κ2) is 15.3. The number of halogens is 3. The van der Waals surface area contributed by atoms with E-state index in [1.165, 1.54) is 18.9 Å². The monoisotopic (exact) mass is 564 g/mol. The van der Waals surface area contributed by atoms with Gasteiger partial charge in [-0.15, -0.1) is 24.8 Å². The maximum atomic E-state index is 13.6. The van der Waals surface area contributed by atoms with Crippen molar-refractivity contribution in [3.8, 4) is 11.8 Å². The molecule has 1 saturated carbocycles. The van der Waals surface area contributed by atoms with Gasteiger partial charge in [-0.05, 0) is 114 Å². The molecule has 1 saturated heterocycles. The van der Waals surface area contributed by atoms with Gasteiger partial charge in [0, 0.05) is 17.5 Å². The summed E-state index contributed by atoms with van der Waals surface area (Å²) in [5.74, 6) is 1.85. The van der Waals surface area contributed by atoms with Crippen LogP contribution in [0.4, 0.5) is 4.39 Å². The molecule has 3 aromatic rings. The molecule has 2 fully saturated rings. The molecule has 9 heteroatoms. The van der Waals surface area contributed by atoms with Crippen LogP contribution in [0.1, 0.15) is 54.5 Å². The van der Waals surface area contributed by atoms with Gasteiger partial charge in [0.05, 0.1) is 17.9 Å². The fourth-order valence-electron chi connectivity index (χ4n) is 4.79. The van der Waals surface area contributed by atoms with Crippen LogP contribution in [-0.2, 0) is 13.0 Å². The number of nitrogens with one attached hydrogen (secondary N) is 1. The standard InChI is InChI=1S/C27H30FN3O2.C2H7N.2ClH/c1-18-26(32-17-20-2-3-20)9-6-23-25(30-33-27(18)23)8-5-19-10-12-31(13-11-19)16-21-4-7-24(28)22(14-21)15-29;1-3-2;;/h4,6-7,9,14,19-20H,2-3,5,8,10-13,16-17H2,1H3;3H,1-2H3;2*1H. The van der Waals surface area contributed by atoms with Crippen molar-refractivity contribution < 1.29 is 13.7 Å². The van der Waals surface area contributed by atoms with Crippen LogP contribution in [0.15, 0.2) is 34.9 Å². The van der Waals surface area contributed by atoms with E-state index in [1.54, 1.807) is 12.1 Å². The molecule has 1 aliphatic heterocycles. The Balaban J connectivity index is 0.000000969. The Bertz CT molecular complexity index is 1200. The molecule has 0 spiro atoms. The number of aromatic nitrogens is 1. The van der Waals surface area contributed by atoms with Gasteiger partial charge in [0.15, 0.2) is 5.58 Å². The zero-order valence-corrected chi connectivity index (χ0v) is 24.1. The molecule has 1 aliphatic carbocycles. The van der Waals surface area contributed by atoms with Crippen molar-refractivity contribution in [1.29, 1.82) is 5.26 Å². The molecule has 5 rings (SSSR count). The van der Waals surface area contributed by atoms with E-state index in [4.69, 9.17) is 14.5 Å². The molecule has 6 nitrogen and oxygen atoms in total. The van der Waals surface area contributed by atoms with Crippen molar-refractivity contribution in [2.45, 2.75) is 52.0 Å². The number of benzene rings is 2. The van der Waals surface area contributed by atoms with Crippen LogP contribution in [-0.4, -0.2) is 43.8 Å². The summed E-state index contributed by atoms with van der Waals surface area (Å²) in [6, 6.07) is 10.9. The lowest BCUT2D eigenvalue weighted by atomic mass is 9.91. The van der Waals surface area contributed by atoms with E-state index in [2.05, 4.69) is 34.4 Å². The molecule has 1 N–H and O–H groups in total. The zero-order valence-electron chi connectivity index (χ0n) is 22.5. The first-order valence-electron chi connectivity index (χ1n) is 13.0. The lowest BCUT2D eigenvalue weighted by Crippen LogP contribution is -2.33. The average Bonchev–Trinajstić information content (AvgIpc) is 3.62. The fourth-order valence-corrected chi connectivity index (χ4v) is 4.79. The zero-order chi connectivity index (χ0) is 25.5. The quantitative estimate of drug-likeness (QED) is 0.338. The lowest BCUT2D eigenvalue weighted by molar-refractivity contribution is 0.172. The Kier molecular flexibility index (Phi) is 12.8. The van der Waals surface area contributed by atoms with Crippen molar-refractivity contribution in [2.75, 3.05) is 33.8 Å². The van der Waals surface area contributed by atoms with Gasteiger partial charge in [0.1, 0.15) is 17.6 Å². The van der Waals surface area contributed by atoms with Gasteiger partial charge < -0.3 is 14.6 Å². The molecule has 2 heterocycles. The third kappa shape index (κ3) is 8.31. The number of hydrogen-bond acceptors (Lipinski definition) is 6. The maximum absolute atomic E-state index is 13.6. The van der Waals surface area contributed by atoms with E-state index in [0.29, 0.717) is 5.92 Å². The van der Waals surface area contributed by atoms with Gasteiger partial charge >= 0.3 is 0 Å². The smallest absolute Gasteiger partial charge is 0.173 e. The first kappa shape index (κ1) is 31.8. The van der Waals surface area contributed by atoms with Crippen LogP contribution in [0, 0.1) is 35.9 Å². The topological polar surface area (TPSA) is 74.3 Å². The van der Waals surface area contributed by atoms with E-state index >= 15 is 0 Å². The predicted octanol–water partition coefficient (Wildman–Crippen LogP) is 6.46. The van der Waals surface area contributed by atoms with Crippen LogP contribution in [0.5, 0.6) is 5.75 Å². The molecule has 0 atom stereocenters. The number of ether oxygens (including phenoxy) is 1. The number of rotatable bonds is 8. The summed E-state index contributed by atoms with van der Waals surface area (Å²) in [5, 5.41) is 17.3. The highest BCUT2D eigenvalue weighted by atomic mass is 35.5. The first-order valence-corrected chi connectivity index (χ1v) is 13.0. The average molecular weight is 566 g/mol. The number of piperidine rings is 1. The predicted molar refractivity (Wildman–Crippen MR) is 154 cm³/mol. The van der Waals surface area contributed by atoms with E-state index in [-0.39, 0.29) is 30.4 Å². The van der Waals surface area contributed by atoms with Crippen molar-refractivity contribution >= 4 is 35.8 Å². The summed E-state index contributed by atoms with van der Waals surface area (Å²) < 4.78 is 25.2. The molecule has 208 valence electrons. The highest BCUT2D eigenvalue weighted by molar-refractivity contribution is 5.86. The SMILES string of the molecule is CNC.Cc1c(OCC2CC2)ccc2c(CCC3CCN(Cc4ccc(F)c(C#N)c4)CC3)noc12.Cl.Cl. The Morgan fingerprint density at radius 1 is 1.11 bits per heavy atom. The fraction of sp³-hybridized carbons (Fsp3) is 0.517. The minimum atomic E-state index is -0.447. The van der Waals surface area contributed by atoms with Gasteiger partial charge in [-0.3, -0.25) is 4.90 Å². The molecular formula is C29H39Cl2FN4O2. The summed E-state index contributed by atoms with van der Waals surface area (Å²) >= 11 is 0. The molecular weight excluding hydrogens is 526 g/mol. The number of nitriles is 1. The Morgan fingerprint density at radius 3 is 2.47 bits per heavy atom. The minimum Gasteiger partial charge on any atom is -0.493 e. The maximum Gasteiger partial charge on any atom is 0.173 e. The largest absolute Gasteiger partial charge is 0.493 e. The van der Waals surface area contributed by atoms with Gasteiger partial charge in [0.2, 0.25) is 0 Å². The highest BCUT2D eigenvalue weighted by Crippen LogP contribution is 2.34. The third-order valence-corrected chi connectivity index (χ3v) is 7.14. The molecule has 0 unspecified atom stereocenters. The van der Waals surface area contributed by atoms with E-state index in [9.17, 15) is 4.39 Å². The highest BCUT2D eigenvalue weighted by Gasteiger charge is 2.24. The van der Waals surface area contributed by atoms with E-state index in [1.807, 2.05) is 20.2 Å². The molecule has 0 radical (unpaired) electrons. The van der Waals surface area contributed by atoms with Crippen LogP contribution in [0.2, 0.25) is 0 Å². The molecule has 2 aromatic carbocycles. The minimum absolute atomic E-state index is 0. The third-order valence-electron chi connectivity index (χ3n) is 7.14. The second-order valence-corrected chi connectivity index (χ2v) is 10.1. The number of fused-ring (bicyclic) bond motifs is 1. The lowest BCUT2D eigenvalue weighted by Gasteiger charge is -2.32. The van der Waals surface area contributed by atoms with E-state index < -0.39 is 5.82 Å². The number of likely N-dealkylation sites (tertiary alicyclic amines) is 1. The van der Waals surface area contributed by atoms with Crippen LogP contribution < -0.4 is 10.1 Å². The van der Waals surface area contributed by atoms with E-state index in [0.717, 1.165) is 91.4 Å². The summed E-state index contributed by atoms with van der Waals surface area (Å²) in [7, 11) is 3.75.